The quantitative estimate of drug-likeness (QED) is 0.641. The molecule has 0 amide bonds. The van der Waals surface area contributed by atoms with Gasteiger partial charge >= 0.3 is 0 Å². The maximum absolute atomic E-state index is 5.80. The lowest BCUT2D eigenvalue weighted by Crippen LogP contribution is -2.17. The van der Waals surface area contributed by atoms with Gasteiger partial charge in [-0.25, -0.2) is 4.98 Å². The molecule has 0 atom stereocenters. The smallest absolute Gasteiger partial charge is 0.129 e. The zero-order valence-electron chi connectivity index (χ0n) is 7.76. The number of nitrogens with zero attached hydrogens (tertiary/aromatic N) is 1. The van der Waals surface area contributed by atoms with E-state index in [0.29, 0.717) is 5.15 Å². The number of pyridine rings is 1. The van der Waals surface area contributed by atoms with Crippen LogP contribution in [0.2, 0.25) is 5.15 Å². The molecule has 2 heteroatoms. The summed E-state index contributed by atoms with van der Waals surface area (Å²) in [4.78, 5) is 4.28. The van der Waals surface area contributed by atoms with Gasteiger partial charge in [-0.2, -0.15) is 0 Å². The molecular formula is C10H14ClN. The molecular weight excluding hydrogens is 170 g/mol. The summed E-state index contributed by atoms with van der Waals surface area (Å²) in [6.45, 7) is 6.50. The molecule has 0 fully saturated rings. The molecule has 0 aliphatic heterocycles. The van der Waals surface area contributed by atoms with Gasteiger partial charge in [-0.3, -0.25) is 0 Å². The fourth-order valence-corrected chi connectivity index (χ4v) is 1.13. The lowest BCUT2D eigenvalue weighted by atomic mass is 9.86. The Morgan fingerprint density at radius 1 is 1.42 bits per heavy atom. The van der Waals surface area contributed by atoms with Crippen LogP contribution >= 0.6 is 11.6 Å². The van der Waals surface area contributed by atoms with Crippen LogP contribution in [0.15, 0.2) is 18.2 Å². The minimum absolute atomic E-state index is 0.130. The van der Waals surface area contributed by atoms with Gasteiger partial charge in [0.15, 0.2) is 0 Å². The van der Waals surface area contributed by atoms with Crippen molar-refractivity contribution in [1.82, 2.24) is 4.98 Å². The average molecular weight is 184 g/mol. The summed E-state index contributed by atoms with van der Waals surface area (Å²) in [6, 6.07) is 5.77. The van der Waals surface area contributed by atoms with Gasteiger partial charge < -0.3 is 0 Å². The fraction of sp³-hybridized carbons (Fsp3) is 0.500. The van der Waals surface area contributed by atoms with Gasteiger partial charge in [-0.1, -0.05) is 38.4 Å². The molecule has 0 saturated carbocycles. The van der Waals surface area contributed by atoms with Crippen molar-refractivity contribution in [1.29, 1.82) is 0 Å². The summed E-state index contributed by atoms with van der Waals surface area (Å²) < 4.78 is 0. The van der Waals surface area contributed by atoms with Gasteiger partial charge in [0.1, 0.15) is 5.15 Å². The molecule has 1 aromatic heterocycles. The zero-order chi connectivity index (χ0) is 9.19. The first kappa shape index (κ1) is 9.53. The van der Waals surface area contributed by atoms with Crippen molar-refractivity contribution < 1.29 is 0 Å². The first-order valence-electron chi connectivity index (χ1n) is 4.19. The van der Waals surface area contributed by atoms with E-state index in [4.69, 9.17) is 11.6 Å². The molecule has 12 heavy (non-hydrogen) atoms. The molecule has 0 spiro atoms. The predicted molar refractivity (Wildman–Crippen MR) is 52.6 cm³/mol. The fourth-order valence-electron chi connectivity index (χ4n) is 0.966. The summed E-state index contributed by atoms with van der Waals surface area (Å²) in [7, 11) is 0. The first-order chi connectivity index (χ1) is 5.56. The van der Waals surface area contributed by atoms with Crippen LogP contribution in [0.4, 0.5) is 0 Å². The third-order valence-electron chi connectivity index (χ3n) is 2.29. The third-order valence-corrected chi connectivity index (χ3v) is 2.50. The largest absolute Gasteiger partial charge is 0.241 e. The Balaban J connectivity index is 3.03. The Kier molecular flexibility index (Phi) is 2.73. The lowest BCUT2D eigenvalue weighted by Gasteiger charge is -2.21. The van der Waals surface area contributed by atoms with Crippen molar-refractivity contribution in [3.8, 4) is 0 Å². The van der Waals surface area contributed by atoms with Crippen molar-refractivity contribution in [2.45, 2.75) is 32.6 Å². The molecule has 1 heterocycles. The molecule has 0 aliphatic rings. The van der Waals surface area contributed by atoms with Crippen LogP contribution < -0.4 is 0 Å². The van der Waals surface area contributed by atoms with Crippen LogP contribution in [0.5, 0.6) is 0 Å². The minimum atomic E-state index is 0.130. The number of halogens is 1. The highest BCUT2D eigenvalue weighted by molar-refractivity contribution is 6.29. The predicted octanol–water partition coefficient (Wildman–Crippen LogP) is 3.42. The van der Waals surface area contributed by atoms with E-state index in [2.05, 4.69) is 25.8 Å². The van der Waals surface area contributed by atoms with Gasteiger partial charge in [0, 0.05) is 11.1 Å². The van der Waals surface area contributed by atoms with E-state index in [1.165, 1.54) is 0 Å². The highest BCUT2D eigenvalue weighted by Crippen LogP contribution is 2.25. The van der Waals surface area contributed by atoms with E-state index in [9.17, 15) is 0 Å². The zero-order valence-corrected chi connectivity index (χ0v) is 8.52. The standard InChI is InChI=1S/C10H14ClN/c1-4-10(2,3)8-6-5-7-9(11)12-8/h5-7H,4H2,1-3H3. The number of hydrogen-bond acceptors (Lipinski definition) is 1. The molecule has 0 N–H and O–H groups in total. The highest BCUT2D eigenvalue weighted by Gasteiger charge is 2.19. The second-order valence-corrected chi connectivity index (χ2v) is 3.97. The maximum Gasteiger partial charge on any atom is 0.129 e. The van der Waals surface area contributed by atoms with E-state index in [1.54, 1.807) is 6.07 Å². The minimum Gasteiger partial charge on any atom is -0.241 e. The van der Waals surface area contributed by atoms with E-state index in [-0.39, 0.29) is 5.41 Å². The summed E-state index contributed by atoms with van der Waals surface area (Å²) in [5.41, 5.74) is 1.20. The topological polar surface area (TPSA) is 12.9 Å². The lowest BCUT2D eigenvalue weighted by molar-refractivity contribution is 0.490. The SMILES string of the molecule is CCC(C)(C)c1cccc(Cl)n1. The van der Waals surface area contributed by atoms with Crippen LogP contribution in [-0.4, -0.2) is 4.98 Å². The second kappa shape index (κ2) is 3.44. The van der Waals surface area contributed by atoms with Gasteiger partial charge in [-0.15, -0.1) is 0 Å². The van der Waals surface area contributed by atoms with E-state index >= 15 is 0 Å². The molecule has 0 saturated heterocycles. The molecule has 66 valence electrons. The summed E-state index contributed by atoms with van der Waals surface area (Å²) in [6.07, 6.45) is 1.07. The Hall–Kier alpha value is -0.560. The Morgan fingerprint density at radius 2 is 2.08 bits per heavy atom. The Labute approximate surface area is 78.8 Å². The maximum atomic E-state index is 5.80. The molecule has 0 aromatic carbocycles. The van der Waals surface area contributed by atoms with Gasteiger partial charge in [0.2, 0.25) is 0 Å². The Morgan fingerprint density at radius 3 is 2.58 bits per heavy atom. The molecule has 0 radical (unpaired) electrons. The van der Waals surface area contributed by atoms with E-state index in [1.807, 2.05) is 12.1 Å². The van der Waals surface area contributed by atoms with Crippen molar-refractivity contribution in [2.75, 3.05) is 0 Å². The molecule has 1 aromatic rings. The average Bonchev–Trinajstić information content (AvgIpc) is 2.05. The number of hydrogen-bond donors (Lipinski definition) is 0. The van der Waals surface area contributed by atoms with Crippen molar-refractivity contribution in [3.05, 3.63) is 29.0 Å². The number of aromatic nitrogens is 1. The first-order valence-corrected chi connectivity index (χ1v) is 4.57. The van der Waals surface area contributed by atoms with Crippen molar-refractivity contribution in [2.24, 2.45) is 0 Å². The van der Waals surface area contributed by atoms with Crippen molar-refractivity contribution >= 4 is 11.6 Å². The summed E-state index contributed by atoms with van der Waals surface area (Å²) in [5.74, 6) is 0. The monoisotopic (exact) mass is 183 g/mol. The Bertz CT molecular complexity index is 268. The van der Waals surface area contributed by atoms with Crippen LogP contribution in [-0.2, 0) is 5.41 Å². The van der Waals surface area contributed by atoms with Crippen molar-refractivity contribution in [3.63, 3.8) is 0 Å². The molecule has 0 aliphatic carbocycles. The van der Waals surface area contributed by atoms with Crippen LogP contribution in [0, 0.1) is 0 Å². The molecule has 1 rings (SSSR count). The van der Waals surface area contributed by atoms with Gasteiger partial charge in [0.05, 0.1) is 0 Å². The summed E-state index contributed by atoms with van der Waals surface area (Å²) in [5, 5.41) is 0.578. The molecule has 1 nitrogen and oxygen atoms in total. The van der Waals surface area contributed by atoms with Crippen LogP contribution in [0.25, 0.3) is 0 Å². The summed E-state index contributed by atoms with van der Waals surface area (Å²) >= 11 is 5.80. The van der Waals surface area contributed by atoms with E-state index in [0.717, 1.165) is 12.1 Å². The third kappa shape index (κ3) is 1.98. The van der Waals surface area contributed by atoms with Crippen LogP contribution in [0.1, 0.15) is 32.9 Å². The van der Waals surface area contributed by atoms with Gasteiger partial charge in [0.25, 0.3) is 0 Å². The molecule has 0 bridgehead atoms. The molecule has 0 unspecified atom stereocenters. The second-order valence-electron chi connectivity index (χ2n) is 3.58. The highest BCUT2D eigenvalue weighted by atomic mass is 35.5. The van der Waals surface area contributed by atoms with Gasteiger partial charge in [-0.05, 0) is 18.6 Å². The normalized spacial score (nSPS) is 11.7. The number of rotatable bonds is 2. The van der Waals surface area contributed by atoms with Crippen LogP contribution in [0.3, 0.4) is 0 Å². The van der Waals surface area contributed by atoms with E-state index < -0.39 is 0 Å².